The van der Waals surface area contributed by atoms with E-state index in [0.29, 0.717) is 0 Å². The molecule has 0 aliphatic carbocycles. The van der Waals surface area contributed by atoms with Crippen LogP contribution in [0.3, 0.4) is 0 Å². The van der Waals surface area contributed by atoms with Crippen LogP contribution in [-0.4, -0.2) is 40.3 Å². The zero-order chi connectivity index (χ0) is 20.8. The Morgan fingerprint density at radius 1 is 1.10 bits per heavy atom. The van der Waals surface area contributed by atoms with Crippen molar-refractivity contribution in [2.24, 2.45) is 5.10 Å². The molecule has 0 aliphatic heterocycles. The van der Waals surface area contributed by atoms with E-state index in [2.05, 4.69) is 10.1 Å². The number of benzene rings is 2. The molecule has 1 heterocycles. The Kier molecular flexibility index (Phi) is 6.06. The molecule has 2 amide bonds. The van der Waals surface area contributed by atoms with Crippen molar-refractivity contribution in [2.75, 3.05) is 7.05 Å². The number of halogens is 1. The van der Waals surface area contributed by atoms with Crippen LogP contribution in [0.5, 0.6) is 0 Å². The van der Waals surface area contributed by atoms with Crippen LogP contribution in [0.2, 0.25) is 0 Å². The number of aromatic nitrogens is 1. The molecule has 8 heteroatoms. The topological polar surface area (TPSA) is 94.9 Å². The molecular formula is C21H17FN4O3. The van der Waals surface area contributed by atoms with Gasteiger partial charge in [0.1, 0.15) is 11.5 Å². The minimum Gasteiger partial charge on any atom is -0.288 e. The van der Waals surface area contributed by atoms with E-state index in [0.717, 1.165) is 28.4 Å². The second-order valence-corrected chi connectivity index (χ2v) is 6.05. The predicted octanol–water partition coefficient (Wildman–Crippen LogP) is 3.11. The van der Waals surface area contributed by atoms with E-state index < -0.39 is 17.6 Å². The van der Waals surface area contributed by atoms with Crippen molar-refractivity contribution in [3.05, 3.63) is 89.5 Å². The zero-order valence-electron chi connectivity index (χ0n) is 15.4. The monoisotopic (exact) mass is 392 g/mol. The minimum atomic E-state index is -0.830. The summed E-state index contributed by atoms with van der Waals surface area (Å²) in [7, 11) is 1.43. The number of hydroxylamine groups is 1. The van der Waals surface area contributed by atoms with Crippen molar-refractivity contribution in [1.82, 2.24) is 15.5 Å². The van der Waals surface area contributed by atoms with Gasteiger partial charge in [-0.1, -0.05) is 30.3 Å². The first-order valence-electron chi connectivity index (χ1n) is 8.57. The third kappa shape index (κ3) is 4.69. The molecule has 1 aromatic heterocycles. The molecule has 0 atom stereocenters. The Labute approximate surface area is 166 Å². The normalized spacial score (nSPS) is 10.7. The second kappa shape index (κ2) is 8.85. The number of carbonyl (C=O) groups excluding carboxylic acids is 2. The summed E-state index contributed by atoms with van der Waals surface area (Å²) in [5, 5.41) is 13.6. The number of hydrogen-bond acceptors (Lipinski definition) is 5. The first-order chi connectivity index (χ1) is 14.0. The summed E-state index contributed by atoms with van der Waals surface area (Å²) in [6.45, 7) is 0. The molecule has 3 aromatic rings. The van der Waals surface area contributed by atoms with Crippen LogP contribution in [0.15, 0.2) is 72.0 Å². The van der Waals surface area contributed by atoms with E-state index in [9.17, 15) is 14.0 Å². The molecule has 146 valence electrons. The molecule has 0 saturated heterocycles. The molecule has 0 fully saturated rings. The standard InChI is InChI=1S/C21H17FN4O3/c1-26(24-13-17-8-7-16(11-18(17)22)20(27)25-29)21(28)19-12-15(9-10-23-19)14-5-3-2-4-6-14/h2-13,29H,1H3,(H,25,27). The van der Waals surface area contributed by atoms with Crippen molar-refractivity contribution in [1.29, 1.82) is 0 Å². The fraction of sp³-hybridized carbons (Fsp3) is 0.0476. The maximum Gasteiger partial charge on any atom is 0.292 e. The van der Waals surface area contributed by atoms with E-state index in [1.165, 1.54) is 30.9 Å². The van der Waals surface area contributed by atoms with Gasteiger partial charge in [-0.25, -0.2) is 14.9 Å². The Morgan fingerprint density at radius 3 is 2.55 bits per heavy atom. The van der Waals surface area contributed by atoms with Gasteiger partial charge in [0.2, 0.25) is 0 Å². The Morgan fingerprint density at radius 2 is 1.86 bits per heavy atom. The summed E-state index contributed by atoms with van der Waals surface area (Å²) >= 11 is 0. The average molecular weight is 392 g/mol. The molecule has 0 unspecified atom stereocenters. The van der Waals surface area contributed by atoms with Crippen LogP contribution in [-0.2, 0) is 0 Å². The van der Waals surface area contributed by atoms with Crippen molar-refractivity contribution < 1.29 is 19.2 Å². The Hall–Kier alpha value is -3.91. The molecule has 3 rings (SSSR count). The van der Waals surface area contributed by atoms with Crippen LogP contribution < -0.4 is 5.48 Å². The number of nitrogens with zero attached hydrogens (tertiary/aromatic N) is 3. The van der Waals surface area contributed by atoms with Crippen LogP contribution in [0.25, 0.3) is 11.1 Å². The van der Waals surface area contributed by atoms with Gasteiger partial charge in [-0.2, -0.15) is 5.10 Å². The molecule has 0 bridgehead atoms. The van der Waals surface area contributed by atoms with Crippen molar-refractivity contribution >= 4 is 18.0 Å². The largest absolute Gasteiger partial charge is 0.292 e. The maximum absolute atomic E-state index is 14.1. The Bertz CT molecular complexity index is 1070. The number of carbonyl (C=O) groups is 2. The predicted molar refractivity (Wildman–Crippen MR) is 105 cm³/mol. The molecule has 0 saturated carbocycles. The van der Waals surface area contributed by atoms with Gasteiger partial charge in [0.15, 0.2) is 0 Å². The zero-order valence-corrected chi connectivity index (χ0v) is 15.4. The lowest BCUT2D eigenvalue weighted by molar-refractivity contribution is 0.0705. The van der Waals surface area contributed by atoms with E-state index in [1.807, 2.05) is 30.3 Å². The van der Waals surface area contributed by atoms with E-state index in [4.69, 9.17) is 5.21 Å². The van der Waals surface area contributed by atoms with Crippen LogP contribution >= 0.6 is 0 Å². The fourth-order valence-electron chi connectivity index (χ4n) is 2.56. The van der Waals surface area contributed by atoms with Crippen LogP contribution in [0, 0.1) is 5.82 Å². The summed E-state index contributed by atoms with van der Waals surface area (Å²) in [6, 6.07) is 16.6. The summed E-state index contributed by atoms with van der Waals surface area (Å²) in [4.78, 5) is 28.0. The van der Waals surface area contributed by atoms with Gasteiger partial charge >= 0.3 is 0 Å². The maximum atomic E-state index is 14.1. The van der Waals surface area contributed by atoms with Gasteiger partial charge in [-0.15, -0.1) is 0 Å². The first-order valence-corrected chi connectivity index (χ1v) is 8.57. The summed E-state index contributed by atoms with van der Waals surface area (Å²) in [5.41, 5.74) is 3.44. The summed E-state index contributed by atoms with van der Waals surface area (Å²) in [5.74, 6) is -2.01. The van der Waals surface area contributed by atoms with Crippen molar-refractivity contribution in [2.45, 2.75) is 0 Å². The van der Waals surface area contributed by atoms with Gasteiger partial charge in [-0.05, 0) is 41.5 Å². The van der Waals surface area contributed by atoms with Gasteiger partial charge in [-0.3, -0.25) is 19.8 Å². The number of hydrogen-bond donors (Lipinski definition) is 2. The molecule has 0 spiro atoms. The molecule has 2 aromatic carbocycles. The molecule has 0 radical (unpaired) electrons. The summed E-state index contributed by atoms with van der Waals surface area (Å²) < 4.78 is 14.1. The average Bonchev–Trinajstić information content (AvgIpc) is 2.77. The molecular weight excluding hydrogens is 375 g/mol. The van der Waals surface area contributed by atoms with Crippen LogP contribution in [0.4, 0.5) is 4.39 Å². The number of rotatable bonds is 5. The quantitative estimate of drug-likeness (QED) is 0.396. The second-order valence-electron chi connectivity index (χ2n) is 6.05. The highest BCUT2D eigenvalue weighted by atomic mass is 19.1. The fourth-order valence-corrected chi connectivity index (χ4v) is 2.56. The highest BCUT2D eigenvalue weighted by Gasteiger charge is 2.14. The van der Waals surface area contributed by atoms with E-state index in [-0.39, 0.29) is 16.8 Å². The number of hydrazone groups is 1. The third-order valence-corrected chi connectivity index (χ3v) is 4.11. The third-order valence-electron chi connectivity index (χ3n) is 4.11. The smallest absolute Gasteiger partial charge is 0.288 e. The first kappa shape index (κ1) is 19.8. The number of nitrogens with one attached hydrogen (secondary N) is 1. The van der Waals surface area contributed by atoms with E-state index in [1.54, 1.807) is 12.1 Å². The minimum absolute atomic E-state index is 0.0477. The molecule has 0 aliphatic rings. The van der Waals surface area contributed by atoms with Crippen molar-refractivity contribution in [3.63, 3.8) is 0 Å². The Balaban J connectivity index is 1.77. The van der Waals surface area contributed by atoms with Gasteiger partial charge in [0.05, 0.1) is 6.21 Å². The molecule has 2 N–H and O–H groups in total. The van der Waals surface area contributed by atoms with Gasteiger partial charge in [0, 0.05) is 24.4 Å². The van der Waals surface area contributed by atoms with Gasteiger partial charge in [0.25, 0.3) is 11.8 Å². The summed E-state index contributed by atoms with van der Waals surface area (Å²) in [6.07, 6.45) is 2.70. The lowest BCUT2D eigenvalue weighted by Gasteiger charge is -2.11. The van der Waals surface area contributed by atoms with E-state index >= 15 is 0 Å². The highest BCUT2D eigenvalue weighted by molar-refractivity contribution is 5.95. The molecule has 7 nitrogen and oxygen atoms in total. The lowest BCUT2D eigenvalue weighted by atomic mass is 10.1. The van der Waals surface area contributed by atoms with Crippen LogP contribution in [0.1, 0.15) is 26.4 Å². The number of amides is 2. The van der Waals surface area contributed by atoms with Gasteiger partial charge < -0.3 is 0 Å². The lowest BCUT2D eigenvalue weighted by Crippen LogP contribution is -2.22. The highest BCUT2D eigenvalue weighted by Crippen LogP contribution is 2.19. The SMILES string of the molecule is CN(N=Cc1ccc(C(=O)NO)cc1F)C(=O)c1cc(-c2ccccc2)ccn1. The molecule has 29 heavy (non-hydrogen) atoms. The number of pyridine rings is 1. The van der Waals surface area contributed by atoms with Crippen molar-refractivity contribution in [3.8, 4) is 11.1 Å².